The fourth-order valence-corrected chi connectivity index (χ4v) is 2.38. The van der Waals surface area contributed by atoms with E-state index in [1.54, 1.807) is 18.2 Å². The monoisotopic (exact) mass is 315 g/mol. The van der Waals surface area contributed by atoms with Gasteiger partial charge < -0.3 is 15.5 Å². The second kappa shape index (κ2) is 6.17. The summed E-state index contributed by atoms with van der Waals surface area (Å²) in [4.78, 5) is 0.0460. The topological polar surface area (TPSA) is 52.5 Å². The molecule has 0 aliphatic heterocycles. The molecular formula is C14H12F3NO2S. The van der Waals surface area contributed by atoms with Crippen molar-refractivity contribution in [2.45, 2.75) is 16.9 Å². The van der Waals surface area contributed by atoms with Crippen LogP contribution >= 0.6 is 11.8 Å². The number of nitrogens with one attached hydrogen (secondary N) is 1. The Balaban J connectivity index is 2.15. The standard InChI is InChI=1S/C14H12F3NO2S/c15-14(16,17)21-12-7-2-1-5-10(12)18-8-9-4-3-6-11(19)13(9)20/h1-7,18-20H,8H2. The van der Waals surface area contributed by atoms with Gasteiger partial charge in [-0.15, -0.1) is 0 Å². The molecule has 0 atom stereocenters. The molecule has 2 aromatic carbocycles. The maximum Gasteiger partial charge on any atom is 0.446 e. The minimum atomic E-state index is -4.37. The van der Waals surface area contributed by atoms with Gasteiger partial charge in [-0.2, -0.15) is 13.2 Å². The van der Waals surface area contributed by atoms with E-state index < -0.39 is 5.51 Å². The van der Waals surface area contributed by atoms with Gasteiger partial charge in [-0.3, -0.25) is 0 Å². The van der Waals surface area contributed by atoms with Crippen molar-refractivity contribution in [2.24, 2.45) is 0 Å². The second-order valence-electron chi connectivity index (χ2n) is 4.18. The number of anilines is 1. The lowest BCUT2D eigenvalue weighted by Gasteiger charge is -2.13. The molecule has 3 nitrogen and oxygen atoms in total. The van der Waals surface area contributed by atoms with Gasteiger partial charge in [0.2, 0.25) is 0 Å². The van der Waals surface area contributed by atoms with Gasteiger partial charge in [0.15, 0.2) is 11.5 Å². The minimum absolute atomic E-state index is 0.0460. The quantitative estimate of drug-likeness (QED) is 0.581. The van der Waals surface area contributed by atoms with Gasteiger partial charge in [-0.1, -0.05) is 24.3 Å². The van der Waals surface area contributed by atoms with Crippen LogP contribution in [0.1, 0.15) is 5.56 Å². The van der Waals surface area contributed by atoms with Crippen molar-refractivity contribution in [3.63, 3.8) is 0 Å². The molecule has 0 amide bonds. The van der Waals surface area contributed by atoms with Gasteiger partial charge in [0.25, 0.3) is 0 Å². The minimum Gasteiger partial charge on any atom is -0.504 e. The van der Waals surface area contributed by atoms with E-state index in [-0.39, 0.29) is 34.7 Å². The lowest BCUT2D eigenvalue weighted by Crippen LogP contribution is -2.04. The van der Waals surface area contributed by atoms with Crippen molar-refractivity contribution in [3.05, 3.63) is 48.0 Å². The van der Waals surface area contributed by atoms with Crippen LogP contribution in [0, 0.1) is 0 Å². The summed E-state index contributed by atoms with van der Waals surface area (Å²) in [6.07, 6.45) is 0. The molecular weight excluding hydrogens is 303 g/mol. The first-order valence-corrected chi connectivity index (χ1v) is 6.77. The highest BCUT2D eigenvalue weighted by Crippen LogP contribution is 2.40. The highest BCUT2D eigenvalue weighted by atomic mass is 32.2. The fraction of sp³-hybridized carbons (Fsp3) is 0.143. The summed E-state index contributed by atoms with van der Waals surface area (Å²) >= 11 is -0.205. The SMILES string of the molecule is Oc1cccc(CNc2ccccc2SC(F)(F)F)c1O. The van der Waals surface area contributed by atoms with E-state index >= 15 is 0 Å². The number of hydrogen-bond donors (Lipinski definition) is 3. The third kappa shape index (κ3) is 4.22. The Morgan fingerprint density at radius 2 is 1.71 bits per heavy atom. The van der Waals surface area contributed by atoms with E-state index in [0.29, 0.717) is 11.3 Å². The molecule has 0 unspecified atom stereocenters. The largest absolute Gasteiger partial charge is 0.504 e. The molecule has 2 aromatic rings. The van der Waals surface area contributed by atoms with Gasteiger partial charge in [-0.25, -0.2) is 0 Å². The average Bonchev–Trinajstić information content (AvgIpc) is 2.40. The van der Waals surface area contributed by atoms with Crippen molar-refractivity contribution in [1.82, 2.24) is 0 Å². The Morgan fingerprint density at radius 3 is 2.43 bits per heavy atom. The van der Waals surface area contributed by atoms with E-state index in [9.17, 15) is 23.4 Å². The summed E-state index contributed by atoms with van der Waals surface area (Å²) in [6.45, 7) is 0.0929. The smallest absolute Gasteiger partial charge is 0.446 e. The van der Waals surface area contributed by atoms with Crippen molar-refractivity contribution >= 4 is 17.4 Å². The first kappa shape index (κ1) is 15.4. The predicted octanol–water partition coefficient (Wildman–Crippen LogP) is 4.32. The van der Waals surface area contributed by atoms with E-state index in [1.807, 2.05) is 0 Å². The first-order valence-electron chi connectivity index (χ1n) is 5.95. The van der Waals surface area contributed by atoms with E-state index in [0.717, 1.165) is 0 Å². The van der Waals surface area contributed by atoms with Gasteiger partial charge >= 0.3 is 5.51 Å². The second-order valence-corrected chi connectivity index (χ2v) is 5.29. The lowest BCUT2D eigenvalue weighted by atomic mass is 10.2. The Hall–Kier alpha value is -2.02. The Bertz CT molecular complexity index is 632. The summed E-state index contributed by atoms with van der Waals surface area (Å²) in [5.41, 5.74) is -3.67. The van der Waals surface area contributed by atoms with Gasteiger partial charge in [0, 0.05) is 22.7 Å². The Morgan fingerprint density at radius 1 is 1.00 bits per heavy atom. The number of aromatic hydroxyl groups is 2. The molecule has 112 valence electrons. The number of hydrogen-bond acceptors (Lipinski definition) is 4. The van der Waals surface area contributed by atoms with Crippen LogP contribution in [0.15, 0.2) is 47.4 Å². The molecule has 0 saturated carbocycles. The molecule has 3 N–H and O–H groups in total. The molecule has 0 spiro atoms. The van der Waals surface area contributed by atoms with Crippen LogP contribution < -0.4 is 5.32 Å². The zero-order chi connectivity index (χ0) is 15.5. The molecule has 0 aromatic heterocycles. The van der Waals surface area contributed by atoms with Crippen molar-refractivity contribution in [3.8, 4) is 11.5 Å². The lowest BCUT2D eigenvalue weighted by molar-refractivity contribution is -0.0327. The predicted molar refractivity (Wildman–Crippen MR) is 75.5 cm³/mol. The summed E-state index contributed by atoms with van der Waals surface area (Å²) in [7, 11) is 0. The highest BCUT2D eigenvalue weighted by molar-refractivity contribution is 8.00. The number of phenols is 2. The van der Waals surface area contributed by atoms with E-state index in [2.05, 4.69) is 5.32 Å². The summed E-state index contributed by atoms with van der Waals surface area (Å²) in [5, 5.41) is 21.9. The van der Waals surface area contributed by atoms with Crippen LogP contribution in [0.3, 0.4) is 0 Å². The zero-order valence-corrected chi connectivity index (χ0v) is 11.5. The number of thioether (sulfide) groups is 1. The zero-order valence-electron chi connectivity index (χ0n) is 10.7. The van der Waals surface area contributed by atoms with Crippen LogP contribution in [0.2, 0.25) is 0 Å². The average molecular weight is 315 g/mol. The van der Waals surface area contributed by atoms with Crippen LogP contribution in [0.25, 0.3) is 0 Å². The van der Waals surface area contributed by atoms with E-state index in [1.165, 1.54) is 24.3 Å². The molecule has 0 aliphatic rings. The van der Waals surface area contributed by atoms with Gasteiger partial charge in [0.05, 0.1) is 0 Å². The molecule has 7 heteroatoms. The summed E-state index contributed by atoms with van der Waals surface area (Å²) in [5.74, 6) is -0.557. The molecule has 21 heavy (non-hydrogen) atoms. The Kier molecular flexibility index (Phi) is 4.52. The summed E-state index contributed by atoms with van der Waals surface area (Å²) in [6, 6.07) is 10.5. The number of phenolic OH excluding ortho intramolecular Hbond substituents is 2. The molecule has 0 fully saturated rings. The van der Waals surface area contributed by atoms with Crippen LogP contribution in [0.4, 0.5) is 18.9 Å². The number of halogens is 3. The van der Waals surface area contributed by atoms with Crippen molar-refractivity contribution in [2.75, 3.05) is 5.32 Å². The molecule has 0 radical (unpaired) electrons. The van der Waals surface area contributed by atoms with E-state index in [4.69, 9.17) is 0 Å². The summed E-state index contributed by atoms with van der Waals surface area (Å²) < 4.78 is 37.4. The van der Waals surface area contributed by atoms with Crippen molar-refractivity contribution < 1.29 is 23.4 Å². The normalized spacial score (nSPS) is 11.4. The maximum atomic E-state index is 12.5. The number of alkyl halides is 3. The van der Waals surface area contributed by atoms with Crippen molar-refractivity contribution in [1.29, 1.82) is 0 Å². The number of rotatable bonds is 4. The number of para-hydroxylation sites is 2. The maximum absolute atomic E-state index is 12.5. The Labute approximate surface area is 123 Å². The molecule has 0 saturated heterocycles. The highest BCUT2D eigenvalue weighted by Gasteiger charge is 2.30. The van der Waals surface area contributed by atoms with Crippen LogP contribution in [-0.2, 0) is 6.54 Å². The molecule has 0 bridgehead atoms. The first-order chi connectivity index (χ1) is 9.87. The van der Waals surface area contributed by atoms with Gasteiger partial charge in [-0.05, 0) is 30.0 Å². The third-order valence-corrected chi connectivity index (χ3v) is 3.49. The molecule has 0 aliphatic carbocycles. The van der Waals surface area contributed by atoms with Gasteiger partial charge in [0.1, 0.15) is 0 Å². The number of benzene rings is 2. The third-order valence-electron chi connectivity index (χ3n) is 2.68. The van der Waals surface area contributed by atoms with Crippen LogP contribution in [-0.4, -0.2) is 15.7 Å². The fourth-order valence-electron chi connectivity index (χ4n) is 1.74. The van der Waals surface area contributed by atoms with Crippen LogP contribution in [0.5, 0.6) is 11.5 Å². The molecule has 2 rings (SSSR count). The molecule has 0 heterocycles.